The molecule has 0 aromatic heterocycles. The van der Waals surface area contributed by atoms with Gasteiger partial charge in [-0.2, -0.15) is 0 Å². The highest BCUT2D eigenvalue weighted by molar-refractivity contribution is 6.30. The third kappa shape index (κ3) is 3.71. The summed E-state index contributed by atoms with van der Waals surface area (Å²) in [6, 6.07) is 6.65. The number of carbonyl (C=O) groups excluding carboxylic acids is 2. The molecule has 0 saturated carbocycles. The number of hydrogen-bond donors (Lipinski definition) is 1. The molecule has 2 aliphatic heterocycles. The average molecular weight is 352 g/mol. The zero-order chi connectivity index (χ0) is 17.1. The SMILES string of the molecule is C[C@H]1OCCN[C@@H]1C(=O)N1CCN(C(=O)c2cccc(Cl)c2)CC1. The largest absolute Gasteiger partial charge is 0.375 e. The van der Waals surface area contributed by atoms with Crippen LogP contribution in [0.4, 0.5) is 0 Å². The highest BCUT2D eigenvalue weighted by atomic mass is 35.5. The van der Waals surface area contributed by atoms with E-state index in [-0.39, 0.29) is 24.0 Å². The van der Waals surface area contributed by atoms with Crippen molar-refractivity contribution < 1.29 is 14.3 Å². The Hall–Kier alpha value is -1.63. The first kappa shape index (κ1) is 17.2. The van der Waals surface area contributed by atoms with Crippen molar-refractivity contribution in [3.8, 4) is 0 Å². The van der Waals surface area contributed by atoms with E-state index >= 15 is 0 Å². The van der Waals surface area contributed by atoms with Gasteiger partial charge in [0.15, 0.2) is 0 Å². The van der Waals surface area contributed by atoms with E-state index in [2.05, 4.69) is 5.32 Å². The monoisotopic (exact) mass is 351 g/mol. The molecule has 2 amide bonds. The predicted molar refractivity (Wildman–Crippen MR) is 91.1 cm³/mol. The molecular weight excluding hydrogens is 330 g/mol. The van der Waals surface area contributed by atoms with Crippen molar-refractivity contribution in [3.05, 3.63) is 34.9 Å². The minimum Gasteiger partial charge on any atom is -0.375 e. The van der Waals surface area contributed by atoms with Gasteiger partial charge in [0.05, 0.1) is 12.7 Å². The lowest BCUT2D eigenvalue weighted by Gasteiger charge is -2.38. The Labute approximate surface area is 146 Å². The summed E-state index contributed by atoms with van der Waals surface area (Å²) in [4.78, 5) is 28.7. The third-order valence-corrected chi connectivity index (χ3v) is 4.77. The molecule has 1 N–H and O–H groups in total. The number of amides is 2. The maximum absolute atomic E-state index is 12.6. The molecule has 7 heteroatoms. The molecule has 130 valence electrons. The molecule has 0 aliphatic carbocycles. The van der Waals surface area contributed by atoms with Crippen molar-refractivity contribution in [2.75, 3.05) is 39.3 Å². The average Bonchev–Trinajstić information content (AvgIpc) is 2.61. The third-order valence-electron chi connectivity index (χ3n) is 4.53. The van der Waals surface area contributed by atoms with E-state index in [9.17, 15) is 9.59 Å². The standard InChI is InChI=1S/C17H22ClN3O3/c1-12-15(19-5-10-24-12)17(23)21-8-6-20(7-9-21)16(22)13-3-2-4-14(18)11-13/h2-4,11-12,15,19H,5-10H2,1H3/t12-,15+/m1/s1. The van der Waals surface area contributed by atoms with Gasteiger partial charge in [-0.1, -0.05) is 17.7 Å². The second kappa shape index (κ2) is 7.51. The van der Waals surface area contributed by atoms with Gasteiger partial charge >= 0.3 is 0 Å². The number of halogens is 1. The molecule has 3 rings (SSSR count). The Morgan fingerprint density at radius 1 is 1.21 bits per heavy atom. The Kier molecular flexibility index (Phi) is 5.38. The molecule has 0 radical (unpaired) electrons. The molecule has 2 atom stereocenters. The van der Waals surface area contributed by atoms with Crippen LogP contribution in [0.15, 0.2) is 24.3 Å². The first-order valence-corrected chi connectivity index (χ1v) is 8.62. The van der Waals surface area contributed by atoms with Crippen LogP contribution in [-0.4, -0.2) is 73.1 Å². The molecule has 2 aliphatic rings. The van der Waals surface area contributed by atoms with Crippen LogP contribution in [-0.2, 0) is 9.53 Å². The number of ether oxygens (including phenoxy) is 1. The topological polar surface area (TPSA) is 61.9 Å². The Bertz CT molecular complexity index is 617. The number of morpholine rings is 1. The van der Waals surface area contributed by atoms with Gasteiger partial charge in [0.25, 0.3) is 5.91 Å². The maximum atomic E-state index is 12.6. The number of nitrogens with zero attached hydrogens (tertiary/aromatic N) is 2. The van der Waals surface area contributed by atoms with Gasteiger partial charge in [0.1, 0.15) is 6.04 Å². The number of benzene rings is 1. The summed E-state index contributed by atoms with van der Waals surface area (Å²) in [7, 11) is 0. The first-order valence-electron chi connectivity index (χ1n) is 8.25. The summed E-state index contributed by atoms with van der Waals surface area (Å²) in [5, 5.41) is 3.77. The van der Waals surface area contributed by atoms with E-state index < -0.39 is 0 Å². The van der Waals surface area contributed by atoms with Crippen molar-refractivity contribution in [2.24, 2.45) is 0 Å². The van der Waals surface area contributed by atoms with Crippen LogP contribution in [0.3, 0.4) is 0 Å². The molecule has 2 fully saturated rings. The van der Waals surface area contributed by atoms with Crippen molar-refractivity contribution in [2.45, 2.75) is 19.1 Å². The molecule has 1 aromatic carbocycles. The zero-order valence-electron chi connectivity index (χ0n) is 13.7. The van der Waals surface area contributed by atoms with E-state index in [0.717, 1.165) is 0 Å². The van der Waals surface area contributed by atoms with Crippen LogP contribution in [0.5, 0.6) is 0 Å². The molecule has 6 nitrogen and oxygen atoms in total. The van der Waals surface area contributed by atoms with Gasteiger partial charge in [-0.25, -0.2) is 0 Å². The lowest BCUT2D eigenvalue weighted by molar-refractivity contribution is -0.140. The van der Waals surface area contributed by atoms with Crippen LogP contribution >= 0.6 is 11.6 Å². The van der Waals surface area contributed by atoms with Crippen LogP contribution in [0.25, 0.3) is 0 Å². The molecule has 0 spiro atoms. The van der Waals surface area contributed by atoms with E-state index in [1.807, 2.05) is 11.8 Å². The van der Waals surface area contributed by atoms with Gasteiger partial charge in [-0.15, -0.1) is 0 Å². The van der Waals surface area contributed by atoms with E-state index in [0.29, 0.717) is 49.9 Å². The molecule has 0 unspecified atom stereocenters. The van der Waals surface area contributed by atoms with Gasteiger partial charge in [0, 0.05) is 43.3 Å². The number of carbonyl (C=O) groups is 2. The Morgan fingerprint density at radius 3 is 2.58 bits per heavy atom. The highest BCUT2D eigenvalue weighted by Gasteiger charge is 2.34. The van der Waals surface area contributed by atoms with E-state index in [1.165, 1.54) is 0 Å². The van der Waals surface area contributed by atoms with Crippen LogP contribution in [0.1, 0.15) is 17.3 Å². The second-order valence-electron chi connectivity index (χ2n) is 6.14. The van der Waals surface area contributed by atoms with Crippen molar-refractivity contribution >= 4 is 23.4 Å². The molecule has 0 bridgehead atoms. The fraction of sp³-hybridized carbons (Fsp3) is 0.529. The number of piperazine rings is 1. The van der Waals surface area contributed by atoms with E-state index in [4.69, 9.17) is 16.3 Å². The lowest BCUT2D eigenvalue weighted by atomic mass is 10.1. The number of rotatable bonds is 2. The molecule has 2 saturated heterocycles. The lowest BCUT2D eigenvalue weighted by Crippen LogP contribution is -2.60. The Balaban J connectivity index is 1.57. The van der Waals surface area contributed by atoms with E-state index in [1.54, 1.807) is 29.2 Å². The smallest absolute Gasteiger partial charge is 0.254 e. The summed E-state index contributed by atoms with van der Waals surface area (Å²) < 4.78 is 5.54. The maximum Gasteiger partial charge on any atom is 0.254 e. The Morgan fingerprint density at radius 2 is 1.92 bits per heavy atom. The van der Waals surface area contributed by atoms with Gasteiger partial charge in [-0.3, -0.25) is 9.59 Å². The summed E-state index contributed by atoms with van der Waals surface area (Å²) in [6.45, 7) is 5.36. The first-order chi connectivity index (χ1) is 11.6. The van der Waals surface area contributed by atoms with Crippen molar-refractivity contribution in [1.29, 1.82) is 0 Å². The van der Waals surface area contributed by atoms with Crippen LogP contribution < -0.4 is 5.32 Å². The van der Waals surface area contributed by atoms with Crippen LogP contribution in [0.2, 0.25) is 5.02 Å². The highest BCUT2D eigenvalue weighted by Crippen LogP contribution is 2.15. The van der Waals surface area contributed by atoms with Crippen molar-refractivity contribution in [3.63, 3.8) is 0 Å². The summed E-state index contributed by atoms with van der Waals surface area (Å²) in [5.74, 6) is 0.00847. The van der Waals surface area contributed by atoms with Crippen LogP contribution in [0, 0.1) is 0 Å². The van der Waals surface area contributed by atoms with Gasteiger partial charge in [0.2, 0.25) is 5.91 Å². The molecule has 1 aromatic rings. The number of hydrogen-bond acceptors (Lipinski definition) is 4. The summed E-state index contributed by atoms with van der Waals surface area (Å²) in [6.07, 6.45) is -0.127. The zero-order valence-corrected chi connectivity index (χ0v) is 14.5. The summed E-state index contributed by atoms with van der Waals surface area (Å²) in [5.41, 5.74) is 0.582. The fourth-order valence-corrected chi connectivity index (χ4v) is 3.33. The predicted octanol–water partition coefficient (Wildman–Crippen LogP) is 1.00. The second-order valence-corrected chi connectivity index (χ2v) is 6.57. The minimum absolute atomic E-state index is 0.0444. The molecule has 24 heavy (non-hydrogen) atoms. The van der Waals surface area contributed by atoms with Gasteiger partial charge in [-0.05, 0) is 25.1 Å². The fourth-order valence-electron chi connectivity index (χ4n) is 3.14. The summed E-state index contributed by atoms with van der Waals surface area (Å²) >= 11 is 5.95. The van der Waals surface area contributed by atoms with Gasteiger partial charge < -0.3 is 19.9 Å². The molecular formula is C17H22ClN3O3. The quantitative estimate of drug-likeness (QED) is 0.863. The normalized spacial score (nSPS) is 24.8. The molecule has 2 heterocycles. The number of nitrogens with one attached hydrogen (secondary N) is 1. The van der Waals surface area contributed by atoms with Crippen molar-refractivity contribution in [1.82, 2.24) is 15.1 Å². The minimum atomic E-state index is -0.297.